The minimum atomic E-state index is 0.268. The Kier molecular flexibility index (Phi) is 5.03. The normalized spacial score (nSPS) is 12.8. The van der Waals surface area contributed by atoms with E-state index in [1.54, 1.807) is 11.3 Å². The SMILES string of the molecule is CCCNC(Cc1ccc(Br)s1)c1ccc(C)o1. The number of hydrogen-bond donors (Lipinski definition) is 1. The van der Waals surface area contributed by atoms with Crippen molar-refractivity contribution in [1.29, 1.82) is 0 Å². The highest BCUT2D eigenvalue weighted by Gasteiger charge is 2.16. The lowest BCUT2D eigenvalue weighted by molar-refractivity contribution is 0.399. The maximum atomic E-state index is 5.75. The molecule has 4 heteroatoms. The molecule has 0 aliphatic carbocycles. The Balaban J connectivity index is 2.09. The Morgan fingerprint density at radius 1 is 1.33 bits per heavy atom. The van der Waals surface area contributed by atoms with E-state index in [1.807, 2.05) is 13.0 Å². The van der Waals surface area contributed by atoms with Crippen LogP contribution in [0.4, 0.5) is 0 Å². The molecule has 2 aromatic rings. The van der Waals surface area contributed by atoms with Crippen molar-refractivity contribution < 1.29 is 4.42 Å². The summed E-state index contributed by atoms with van der Waals surface area (Å²) in [5.41, 5.74) is 0. The van der Waals surface area contributed by atoms with Gasteiger partial charge in [-0.05, 0) is 60.1 Å². The molecule has 0 bridgehead atoms. The van der Waals surface area contributed by atoms with Crippen molar-refractivity contribution in [2.45, 2.75) is 32.7 Å². The van der Waals surface area contributed by atoms with Crippen LogP contribution >= 0.6 is 27.3 Å². The molecule has 18 heavy (non-hydrogen) atoms. The second-order valence-corrected chi connectivity index (χ2v) is 6.91. The highest BCUT2D eigenvalue weighted by molar-refractivity contribution is 9.11. The van der Waals surface area contributed by atoms with Gasteiger partial charge in [-0.25, -0.2) is 0 Å². The van der Waals surface area contributed by atoms with Crippen LogP contribution < -0.4 is 5.32 Å². The van der Waals surface area contributed by atoms with Crippen LogP contribution in [0, 0.1) is 6.92 Å². The molecule has 2 rings (SSSR count). The first-order chi connectivity index (χ1) is 8.69. The van der Waals surface area contributed by atoms with E-state index in [9.17, 15) is 0 Å². The molecular weight excluding hydrogens is 310 g/mol. The summed E-state index contributed by atoms with van der Waals surface area (Å²) in [6.45, 7) is 5.18. The van der Waals surface area contributed by atoms with E-state index in [2.05, 4.69) is 46.4 Å². The van der Waals surface area contributed by atoms with Gasteiger partial charge in [-0.3, -0.25) is 0 Å². The number of rotatable bonds is 6. The van der Waals surface area contributed by atoms with Gasteiger partial charge in [0.25, 0.3) is 0 Å². The molecule has 0 saturated heterocycles. The molecule has 0 spiro atoms. The maximum Gasteiger partial charge on any atom is 0.121 e. The molecule has 0 amide bonds. The molecule has 1 unspecified atom stereocenters. The van der Waals surface area contributed by atoms with Gasteiger partial charge in [0.1, 0.15) is 11.5 Å². The summed E-state index contributed by atoms with van der Waals surface area (Å²) < 4.78 is 6.93. The van der Waals surface area contributed by atoms with Crippen molar-refractivity contribution in [3.63, 3.8) is 0 Å². The lowest BCUT2D eigenvalue weighted by atomic mass is 10.1. The molecule has 2 aromatic heterocycles. The number of thiophene rings is 1. The summed E-state index contributed by atoms with van der Waals surface area (Å²) in [6.07, 6.45) is 2.10. The van der Waals surface area contributed by atoms with E-state index >= 15 is 0 Å². The zero-order valence-corrected chi connectivity index (χ0v) is 13.1. The topological polar surface area (TPSA) is 25.2 Å². The summed E-state index contributed by atoms with van der Waals surface area (Å²) in [7, 11) is 0. The predicted molar refractivity (Wildman–Crippen MR) is 80.2 cm³/mol. The molecule has 98 valence electrons. The van der Waals surface area contributed by atoms with Crippen molar-refractivity contribution in [1.82, 2.24) is 5.32 Å². The van der Waals surface area contributed by atoms with Crippen LogP contribution in [0.15, 0.2) is 32.5 Å². The van der Waals surface area contributed by atoms with E-state index in [0.717, 1.165) is 30.9 Å². The first kappa shape index (κ1) is 13.8. The van der Waals surface area contributed by atoms with Gasteiger partial charge in [0.05, 0.1) is 9.83 Å². The molecule has 1 atom stereocenters. The molecule has 0 radical (unpaired) electrons. The average Bonchev–Trinajstić information content (AvgIpc) is 2.93. The van der Waals surface area contributed by atoms with Crippen molar-refractivity contribution in [3.8, 4) is 0 Å². The number of aryl methyl sites for hydroxylation is 1. The van der Waals surface area contributed by atoms with Gasteiger partial charge in [0.15, 0.2) is 0 Å². The smallest absolute Gasteiger partial charge is 0.121 e. The molecule has 2 heterocycles. The van der Waals surface area contributed by atoms with E-state index in [1.165, 1.54) is 8.66 Å². The Labute approximate surface area is 121 Å². The molecule has 0 saturated carbocycles. The van der Waals surface area contributed by atoms with Gasteiger partial charge in [0.2, 0.25) is 0 Å². The molecule has 0 aliphatic heterocycles. The van der Waals surface area contributed by atoms with Crippen LogP contribution in [0.3, 0.4) is 0 Å². The minimum absolute atomic E-state index is 0.268. The molecule has 2 nitrogen and oxygen atoms in total. The Morgan fingerprint density at radius 2 is 2.17 bits per heavy atom. The van der Waals surface area contributed by atoms with Gasteiger partial charge in [-0.2, -0.15) is 0 Å². The third kappa shape index (κ3) is 3.70. The first-order valence-corrected chi connectivity index (χ1v) is 7.84. The lowest BCUT2D eigenvalue weighted by Gasteiger charge is -2.15. The van der Waals surface area contributed by atoms with Gasteiger partial charge < -0.3 is 9.73 Å². The second-order valence-electron chi connectivity index (χ2n) is 4.37. The van der Waals surface area contributed by atoms with Crippen LogP contribution in [-0.4, -0.2) is 6.54 Å². The summed E-state index contributed by atoms with van der Waals surface area (Å²) in [6, 6.07) is 8.64. The van der Waals surface area contributed by atoms with Crippen LogP contribution in [0.25, 0.3) is 0 Å². The number of nitrogens with one attached hydrogen (secondary N) is 1. The minimum Gasteiger partial charge on any atom is -0.465 e. The van der Waals surface area contributed by atoms with Crippen LogP contribution in [0.2, 0.25) is 0 Å². The van der Waals surface area contributed by atoms with Crippen molar-refractivity contribution in [2.24, 2.45) is 0 Å². The Bertz CT molecular complexity index is 491. The van der Waals surface area contributed by atoms with E-state index in [0.29, 0.717) is 0 Å². The first-order valence-electron chi connectivity index (χ1n) is 6.23. The summed E-state index contributed by atoms with van der Waals surface area (Å²) in [4.78, 5) is 1.37. The third-order valence-electron chi connectivity index (χ3n) is 2.78. The van der Waals surface area contributed by atoms with Crippen molar-refractivity contribution in [3.05, 3.63) is 44.4 Å². The Morgan fingerprint density at radius 3 is 2.72 bits per heavy atom. The number of hydrogen-bond acceptors (Lipinski definition) is 3. The number of halogens is 1. The molecule has 1 N–H and O–H groups in total. The summed E-state index contributed by atoms with van der Waals surface area (Å²) in [5.74, 6) is 2.01. The fourth-order valence-corrected chi connectivity index (χ4v) is 3.42. The zero-order chi connectivity index (χ0) is 13.0. The molecule has 0 aromatic carbocycles. The van der Waals surface area contributed by atoms with E-state index in [-0.39, 0.29) is 6.04 Å². The van der Waals surface area contributed by atoms with Gasteiger partial charge in [-0.15, -0.1) is 11.3 Å². The van der Waals surface area contributed by atoms with Crippen LogP contribution in [0.5, 0.6) is 0 Å². The largest absolute Gasteiger partial charge is 0.465 e. The third-order valence-corrected chi connectivity index (χ3v) is 4.43. The molecular formula is C14H18BrNOS. The zero-order valence-electron chi connectivity index (χ0n) is 10.7. The quantitative estimate of drug-likeness (QED) is 0.832. The highest BCUT2D eigenvalue weighted by atomic mass is 79.9. The average molecular weight is 328 g/mol. The summed E-state index contributed by atoms with van der Waals surface area (Å²) >= 11 is 5.30. The molecule has 0 fully saturated rings. The summed E-state index contributed by atoms with van der Waals surface area (Å²) in [5, 5.41) is 3.55. The maximum absolute atomic E-state index is 5.75. The standard InChI is InChI=1S/C14H18BrNOS/c1-3-8-16-12(13-6-4-10(2)17-13)9-11-5-7-14(15)18-11/h4-7,12,16H,3,8-9H2,1-2H3. The van der Waals surface area contributed by atoms with Crippen molar-refractivity contribution >= 4 is 27.3 Å². The fraction of sp³-hybridized carbons (Fsp3) is 0.429. The van der Waals surface area contributed by atoms with Gasteiger partial charge in [-0.1, -0.05) is 6.92 Å². The lowest BCUT2D eigenvalue weighted by Crippen LogP contribution is -2.23. The van der Waals surface area contributed by atoms with Crippen LogP contribution in [-0.2, 0) is 6.42 Å². The second kappa shape index (κ2) is 6.55. The van der Waals surface area contributed by atoms with Gasteiger partial charge >= 0.3 is 0 Å². The molecule has 0 aliphatic rings. The Hall–Kier alpha value is -0.580. The van der Waals surface area contributed by atoms with E-state index in [4.69, 9.17) is 4.42 Å². The van der Waals surface area contributed by atoms with Crippen molar-refractivity contribution in [2.75, 3.05) is 6.54 Å². The predicted octanol–water partition coefficient (Wildman–Crippen LogP) is 4.70. The number of furan rings is 1. The highest BCUT2D eigenvalue weighted by Crippen LogP contribution is 2.27. The van der Waals surface area contributed by atoms with Gasteiger partial charge in [0, 0.05) is 11.3 Å². The van der Waals surface area contributed by atoms with E-state index < -0.39 is 0 Å². The monoisotopic (exact) mass is 327 g/mol. The van der Waals surface area contributed by atoms with Crippen LogP contribution in [0.1, 0.15) is 35.8 Å². The fourth-order valence-electron chi connectivity index (χ4n) is 1.90.